The standard InChI is InChI=1S/C12H17F2NO/c1-3-4-15-9(2)8-16-12-6-10(13)5-11(14)7-12/h5-7,9,15H,3-4,8H2,1-2H3. The molecule has 1 aromatic carbocycles. The Balaban J connectivity index is 2.41. The number of hydrogen-bond acceptors (Lipinski definition) is 2. The summed E-state index contributed by atoms with van der Waals surface area (Å²) in [5.41, 5.74) is 0. The van der Waals surface area contributed by atoms with Gasteiger partial charge in [0.15, 0.2) is 0 Å². The Bertz CT molecular complexity index is 311. The second-order valence-electron chi connectivity index (χ2n) is 3.77. The molecule has 1 rings (SSSR count). The van der Waals surface area contributed by atoms with Gasteiger partial charge in [0.05, 0.1) is 0 Å². The number of hydrogen-bond donors (Lipinski definition) is 1. The Kier molecular flexibility index (Phi) is 5.19. The van der Waals surface area contributed by atoms with Gasteiger partial charge >= 0.3 is 0 Å². The van der Waals surface area contributed by atoms with Gasteiger partial charge < -0.3 is 10.1 Å². The van der Waals surface area contributed by atoms with Crippen LogP contribution in [0.25, 0.3) is 0 Å². The first-order chi connectivity index (χ1) is 7.61. The fourth-order valence-corrected chi connectivity index (χ4v) is 1.28. The molecule has 16 heavy (non-hydrogen) atoms. The van der Waals surface area contributed by atoms with E-state index >= 15 is 0 Å². The van der Waals surface area contributed by atoms with Gasteiger partial charge in [-0.05, 0) is 19.9 Å². The van der Waals surface area contributed by atoms with Crippen molar-refractivity contribution in [2.24, 2.45) is 0 Å². The summed E-state index contributed by atoms with van der Waals surface area (Å²) >= 11 is 0. The Hall–Kier alpha value is -1.16. The molecule has 1 N–H and O–H groups in total. The number of rotatable bonds is 6. The van der Waals surface area contributed by atoms with Crippen molar-refractivity contribution in [2.45, 2.75) is 26.3 Å². The Morgan fingerprint density at radius 2 is 1.88 bits per heavy atom. The van der Waals surface area contributed by atoms with Crippen LogP contribution in [0.15, 0.2) is 18.2 Å². The van der Waals surface area contributed by atoms with Crippen LogP contribution >= 0.6 is 0 Å². The van der Waals surface area contributed by atoms with Crippen LogP contribution in [0.1, 0.15) is 20.3 Å². The van der Waals surface area contributed by atoms with Gasteiger partial charge in [-0.25, -0.2) is 8.78 Å². The van der Waals surface area contributed by atoms with E-state index in [-0.39, 0.29) is 11.8 Å². The molecule has 0 spiro atoms. The third kappa shape index (κ3) is 4.57. The van der Waals surface area contributed by atoms with Crippen molar-refractivity contribution in [1.82, 2.24) is 5.32 Å². The fourth-order valence-electron chi connectivity index (χ4n) is 1.28. The van der Waals surface area contributed by atoms with Gasteiger partial charge in [0.1, 0.15) is 24.0 Å². The smallest absolute Gasteiger partial charge is 0.129 e. The molecule has 0 aliphatic carbocycles. The molecule has 0 saturated carbocycles. The molecule has 0 saturated heterocycles. The number of halogens is 2. The quantitative estimate of drug-likeness (QED) is 0.809. The molecule has 0 aromatic heterocycles. The number of benzene rings is 1. The molecule has 0 heterocycles. The highest BCUT2D eigenvalue weighted by Crippen LogP contribution is 2.15. The summed E-state index contributed by atoms with van der Waals surface area (Å²) in [6.07, 6.45) is 1.04. The zero-order valence-corrected chi connectivity index (χ0v) is 9.59. The summed E-state index contributed by atoms with van der Waals surface area (Å²) in [6, 6.07) is 3.34. The van der Waals surface area contributed by atoms with Crippen molar-refractivity contribution < 1.29 is 13.5 Å². The molecule has 1 unspecified atom stereocenters. The average molecular weight is 229 g/mol. The zero-order valence-electron chi connectivity index (χ0n) is 9.59. The Morgan fingerprint density at radius 1 is 1.25 bits per heavy atom. The predicted molar refractivity (Wildman–Crippen MR) is 59.6 cm³/mol. The SMILES string of the molecule is CCCNC(C)COc1cc(F)cc(F)c1. The van der Waals surface area contributed by atoms with E-state index in [0.717, 1.165) is 19.0 Å². The lowest BCUT2D eigenvalue weighted by Gasteiger charge is -2.14. The fraction of sp³-hybridized carbons (Fsp3) is 0.500. The molecule has 0 radical (unpaired) electrons. The molecular formula is C12H17F2NO. The van der Waals surface area contributed by atoms with Crippen molar-refractivity contribution in [1.29, 1.82) is 0 Å². The van der Waals surface area contributed by atoms with Crippen molar-refractivity contribution in [3.8, 4) is 5.75 Å². The monoisotopic (exact) mass is 229 g/mol. The second-order valence-corrected chi connectivity index (χ2v) is 3.77. The van der Waals surface area contributed by atoms with Crippen LogP contribution in [0.5, 0.6) is 5.75 Å². The first-order valence-corrected chi connectivity index (χ1v) is 5.44. The van der Waals surface area contributed by atoms with Crippen LogP contribution in [0.3, 0.4) is 0 Å². The molecule has 0 bridgehead atoms. The molecule has 4 heteroatoms. The largest absolute Gasteiger partial charge is 0.492 e. The summed E-state index contributed by atoms with van der Waals surface area (Å²) in [5.74, 6) is -1.02. The summed E-state index contributed by atoms with van der Waals surface area (Å²) < 4.78 is 30.9. The highest BCUT2D eigenvalue weighted by molar-refractivity contribution is 5.23. The van der Waals surface area contributed by atoms with Gasteiger partial charge in [-0.2, -0.15) is 0 Å². The van der Waals surface area contributed by atoms with Gasteiger partial charge in [-0.3, -0.25) is 0 Å². The van der Waals surface area contributed by atoms with E-state index in [2.05, 4.69) is 12.2 Å². The van der Waals surface area contributed by atoms with Gasteiger partial charge in [0.25, 0.3) is 0 Å². The van der Waals surface area contributed by atoms with E-state index in [4.69, 9.17) is 4.74 Å². The first-order valence-electron chi connectivity index (χ1n) is 5.44. The van der Waals surface area contributed by atoms with E-state index in [1.165, 1.54) is 12.1 Å². The molecule has 0 aliphatic rings. The third-order valence-corrected chi connectivity index (χ3v) is 2.08. The minimum Gasteiger partial charge on any atom is -0.492 e. The van der Waals surface area contributed by atoms with E-state index in [0.29, 0.717) is 6.61 Å². The number of ether oxygens (including phenoxy) is 1. The minimum absolute atomic E-state index is 0.159. The van der Waals surface area contributed by atoms with Crippen LogP contribution in [-0.4, -0.2) is 19.2 Å². The normalized spacial score (nSPS) is 12.5. The van der Waals surface area contributed by atoms with Crippen molar-refractivity contribution >= 4 is 0 Å². The highest BCUT2D eigenvalue weighted by atomic mass is 19.1. The first kappa shape index (κ1) is 12.9. The molecular weight excluding hydrogens is 212 g/mol. The van der Waals surface area contributed by atoms with Crippen LogP contribution in [-0.2, 0) is 0 Å². The second kappa shape index (κ2) is 6.43. The van der Waals surface area contributed by atoms with E-state index in [9.17, 15) is 8.78 Å². The van der Waals surface area contributed by atoms with Gasteiger partial charge in [0.2, 0.25) is 0 Å². The maximum absolute atomic E-state index is 12.8. The summed E-state index contributed by atoms with van der Waals surface area (Å²) in [4.78, 5) is 0. The molecule has 0 aliphatic heterocycles. The highest BCUT2D eigenvalue weighted by Gasteiger charge is 2.04. The van der Waals surface area contributed by atoms with Crippen LogP contribution < -0.4 is 10.1 Å². The lowest BCUT2D eigenvalue weighted by molar-refractivity contribution is 0.271. The van der Waals surface area contributed by atoms with Crippen molar-refractivity contribution in [3.05, 3.63) is 29.8 Å². The molecule has 90 valence electrons. The molecule has 0 fully saturated rings. The maximum Gasteiger partial charge on any atom is 0.129 e. The van der Waals surface area contributed by atoms with E-state index in [1.54, 1.807) is 0 Å². The van der Waals surface area contributed by atoms with Crippen LogP contribution in [0.4, 0.5) is 8.78 Å². The predicted octanol–water partition coefficient (Wildman–Crippen LogP) is 2.73. The molecule has 0 amide bonds. The Morgan fingerprint density at radius 3 is 2.44 bits per heavy atom. The molecule has 1 aromatic rings. The van der Waals surface area contributed by atoms with E-state index < -0.39 is 11.6 Å². The molecule has 1 atom stereocenters. The average Bonchev–Trinajstić information content (AvgIpc) is 2.22. The van der Waals surface area contributed by atoms with Crippen LogP contribution in [0.2, 0.25) is 0 Å². The van der Waals surface area contributed by atoms with E-state index in [1.807, 2.05) is 6.92 Å². The third-order valence-electron chi connectivity index (χ3n) is 2.08. The summed E-state index contributed by atoms with van der Waals surface area (Å²) in [5, 5.41) is 3.22. The van der Waals surface area contributed by atoms with Crippen LogP contribution in [0, 0.1) is 11.6 Å². The van der Waals surface area contributed by atoms with Crippen molar-refractivity contribution in [2.75, 3.05) is 13.2 Å². The topological polar surface area (TPSA) is 21.3 Å². The summed E-state index contributed by atoms with van der Waals surface area (Å²) in [7, 11) is 0. The van der Waals surface area contributed by atoms with Gasteiger partial charge in [-0.15, -0.1) is 0 Å². The summed E-state index contributed by atoms with van der Waals surface area (Å²) in [6.45, 7) is 5.33. The van der Waals surface area contributed by atoms with Gasteiger partial charge in [0, 0.05) is 24.2 Å². The lowest BCUT2D eigenvalue weighted by Crippen LogP contribution is -2.32. The minimum atomic E-state index is -0.621. The van der Waals surface area contributed by atoms with Gasteiger partial charge in [-0.1, -0.05) is 6.92 Å². The molecule has 2 nitrogen and oxygen atoms in total. The Labute approximate surface area is 94.6 Å². The number of nitrogens with one attached hydrogen (secondary N) is 1. The lowest BCUT2D eigenvalue weighted by atomic mass is 10.3. The van der Waals surface area contributed by atoms with Crippen molar-refractivity contribution in [3.63, 3.8) is 0 Å². The zero-order chi connectivity index (χ0) is 12.0. The maximum atomic E-state index is 12.8.